The van der Waals surface area contributed by atoms with Gasteiger partial charge in [-0.05, 0) is 43.2 Å². The summed E-state index contributed by atoms with van der Waals surface area (Å²) in [6.07, 6.45) is 3.23. The molecule has 0 radical (unpaired) electrons. The van der Waals surface area contributed by atoms with E-state index in [0.717, 1.165) is 12.8 Å². The van der Waals surface area contributed by atoms with Crippen molar-refractivity contribution in [1.29, 1.82) is 0 Å². The lowest BCUT2D eigenvalue weighted by atomic mass is 9.67. The first-order valence-electron chi connectivity index (χ1n) is 6.43. The van der Waals surface area contributed by atoms with Crippen LogP contribution in [0.1, 0.15) is 45.1 Å². The molecule has 0 spiro atoms. The second kappa shape index (κ2) is 4.54. The first kappa shape index (κ1) is 13.3. The van der Waals surface area contributed by atoms with Gasteiger partial charge in [0.2, 0.25) is 0 Å². The lowest BCUT2D eigenvalue weighted by Gasteiger charge is -2.42. The Morgan fingerprint density at radius 2 is 2.00 bits per heavy atom. The number of aliphatic hydroxyl groups is 1. The van der Waals surface area contributed by atoms with Crippen LogP contribution in [0.25, 0.3) is 0 Å². The summed E-state index contributed by atoms with van der Waals surface area (Å²) in [5, 5.41) is 10.7. The predicted molar refractivity (Wildman–Crippen MR) is 69.1 cm³/mol. The summed E-state index contributed by atoms with van der Waals surface area (Å²) in [5.74, 6) is 0.101. The maximum atomic E-state index is 14.1. The topological polar surface area (TPSA) is 29.5 Å². The largest absolute Gasteiger partial charge is 0.497 e. The molecule has 0 heterocycles. The number of rotatable bonds is 2. The van der Waals surface area contributed by atoms with Crippen molar-refractivity contribution in [1.82, 2.24) is 0 Å². The summed E-state index contributed by atoms with van der Waals surface area (Å²) < 4.78 is 19.1. The van der Waals surface area contributed by atoms with Crippen LogP contribution in [-0.4, -0.2) is 12.2 Å². The van der Waals surface area contributed by atoms with E-state index in [0.29, 0.717) is 24.2 Å². The summed E-state index contributed by atoms with van der Waals surface area (Å²) in [6.45, 7) is 4.25. The van der Waals surface area contributed by atoms with Crippen molar-refractivity contribution in [2.45, 2.75) is 45.1 Å². The summed E-state index contributed by atoms with van der Waals surface area (Å²) in [7, 11) is 1.51. The van der Waals surface area contributed by atoms with E-state index in [1.54, 1.807) is 12.1 Å². The highest BCUT2D eigenvalue weighted by molar-refractivity contribution is 5.33. The SMILES string of the molecule is COc1ccc(C2(O)CCCC(C)(C)C2)c(F)c1. The van der Waals surface area contributed by atoms with Gasteiger partial charge in [-0.1, -0.05) is 13.8 Å². The molecule has 1 aliphatic rings. The Morgan fingerprint density at radius 3 is 2.56 bits per heavy atom. The van der Waals surface area contributed by atoms with E-state index in [9.17, 15) is 9.50 Å². The summed E-state index contributed by atoms with van der Waals surface area (Å²) in [5.41, 5.74) is -0.589. The normalized spacial score (nSPS) is 26.9. The minimum atomic E-state index is -1.04. The molecule has 0 aliphatic heterocycles. The third-order valence-corrected chi connectivity index (χ3v) is 3.89. The molecule has 1 aliphatic carbocycles. The van der Waals surface area contributed by atoms with Crippen molar-refractivity contribution in [2.24, 2.45) is 5.41 Å². The highest BCUT2D eigenvalue weighted by atomic mass is 19.1. The molecular weight excluding hydrogens is 231 g/mol. The zero-order chi connectivity index (χ0) is 13.4. The molecule has 0 aromatic heterocycles. The van der Waals surface area contributed by atoms with Gasteiger partial charge in [0.1, 0.15) is 11.6 Å². The van der Waals surface area contributed by atoms with Crippen molar-refractivity contribution < 1.29 is 14.2 Å². The molecule has 1 aromatic carbocycles. The van der Waals surface area contributed by atoms with Crippen LogP contribution in [-0.2, 0) is 5.60 Å². The molecule has 3 heteroatoms. The van der Waals surface area contributed by atoms with Crippen molar-refractivity contribution in [2.75, 3.05) is 7.11 Å². The number of hydrogen-bond donors (Lipinski definition) is 1. The fourth-order valence-electron chi connectivity index (χ4n) is 3.06. The zero-order valence-corrected chi connectivity index (χ0v) is 11.3. The van der Waals surface area contributed by atoms with Gasteiger partial charge in [-0.2, -0.15) is 0 Å². The second-order valence-corrected chi connectivity index (χ2v) is 6.07. The molecule has 2 nitrogen and oxygen atoms in total. The fourth-order valence-corrected chi connectivity index (χ4v) is 3.06. The Hall–Kier alpha value is -1.09. The average Bonchev–Trinajstić information content (AvgIpc) is 2.26. The van der Waals surface area contributed by atoms with E-state index in [4.69, 9.17) is 4.74 Å². The summed E-state index contributed by atoms with van der Waals surface area (Å²) in [4.78, 5) is 0. The van der Waals surface area contributed by atoms with E-state index < -0.39 is 5.60 Å². The Morgan fingerprint density at radius 1 is 1.28 bits per heavy atom. The van der Waals surface area contributed by atoms with E-state index >= 15 is 0 Å². The number of hydrogen-bond acceptors (Lipinski definition) is 2. The molecule has 2 rings (SSSR count). The van der Waals surface area contributed by atoms with Gasteiger partial charge in [-0.3, -0.25) is 0 Å². The number of benzene rings is 1. The number of ether oxygens (including phenoxy) is 1. The minimum Gasteiger partial charge on any atom is -0.497 e. The molecular formula is C15H21FO2. The molecule has 1 unspecified atom stereocenters. The molecule has 1 saturated carbocycles. The third-order valence-electron chi connectivity index (χ3n) is 3.89. The standard InChI is InChI=1S/C15H21FO2/c1-14(2)7-4-8-15(17,10-14)12-6-5-11(18-3)9-13(12)16/h5-6,9,17H,4,7-8,10H2,1-3H3. The van der Waals surface area contributed by atoms with Crippen LogP contribution in [0.5, 0.6) is 5.75 Å². The van der Waals surface area contributed by atoms with Crippen LogP contribution < -0.4 is 4.74 Å². The molecule has 1 atom stereocenters. The van der Waals surface area contributed by atoms with E-state index in [1.165, 1.54) is 13.2 Å². The fraction of sp³-hybridized carbons (Fsp3) is 0.600. The Balaban J connectivity index is 2.35. The van der Waals surface area contributed by atoms with Gasteiger partial charge in [-0.15, -0.1) is 0 Å². The van der Waals surface area contributed by atoms with E-state index in [2.05, 4.69) is 13.8 Å². The van der Waals surface area contributed by atoms with Gasteiger partial charge in [0.15, 0.2) is 0 Å². The summed E-state index contributed by atoms with van der Waals surface area (Å²) in [6, 6.07) is 4.70. The first-order chi connectivity index (χ1) is 8.36. The van der Waals surface area contributed by atoms with Crippen molar-refractivity contribution in [3.63, 3.8) is 0 Å². The highest BCUT2D eigenvalue weighted by Gasteiger charge is 2.41. The third kappa shape index (κ3) is 2.51. The second-order valence-electron chi connectivity index (χ2n) is 6.07. The maximum absolute atomic E-state index is 14.1. The molecule has 18 heavy (non-hydrogen) atoms. The van der Waals surface area contributed by atoms with Gasteiger partial charge in [0.25, 0.3) is 0 Å². The van der Waals surface area contributed by atoms with Crippen LogP contribution in [0.15, 0.2) is 18.2 Å². The molecule has 1 aromatic rings. The number of halogens is 1. The monoisotopic (exact) mass is 252 g/mol. The van der Waals surface area contributed by atoms with Crippen LogP contribution in [0.3, 0.4) is 0 Å². The van der Waals surface area contributed by atoms with Gasteiger partial charge in [0, 0.05) is 11.6 Å². The van der Waals surface area contributed by atoms with Crippen LogP contribution in [0, 0.1) is 11.2 Å². The first-order valence-corrected chi connectivity index (χ1v) is 6.43. The smallest absolute Gasteiger partial charge is 0.132 e. The number of methoxy groups -OCH3 is 1. The van der Waals surface area contributed by atoms with Crippen molar-refractivity contribution in [3.05, 3.63) is 29.6 Å². The van der Waals surface area contributed by atoms with Crippen LogP contribution >= 0.6 is 0 Å². The average molecular weight is 252 g/mol. The predicted octanol–water partition coefficient (Wildman–Crippen LogP) is 3.62. The van der Waals surface area contributed by atoms with Crippen LogP contribution in [0.2, 0.25) is 0 Å². The van der Waals surface area contributed by atoms with Gasteiger partial charge in [-0.25, -0.2) is 4.39 Å². The Labute approximate surface area is 108 Å². The lowest BCUT2D eigenvalue weighted by molar-refractivity contribution is -0.0465. The van der Waals surface area contributed by atoms with Crippen LogP contribution in [0.4, 0.5) is 4.39 Å². The molecule has 100 valence electrons. The Kier molecular flexibility index (Phi) is 3.37. The minimum absolute atomic E-state index is 0.0549. The molecule has 1 fully saturated rings. The summed E-state index contributed by atoms with van der Waals surface area (Å²) >= 11 is 0. The Bertz CT molecular complexity index is 442. The molecule has 0 bridgehead atoms. The van der Waals surface area contributed by atoms with Gasteiger partial charge in [0.05, 0.1) is 12.7 Å². The van der Waals surface area contributed by atoms with E-state index in [1.807, 2.05) is 0 Å². The van der Waals surface area contributed by atoms with Crippen molar-refractivity contribution in [3.8, 4) is 5.75 Å². The lowest BCUT2D eigenvalue weighted by Crippen LogP contribution is -2.37. The van der Waals surface area contributed by atoms with Gasteiger partial charge < -0.3 is 9.84 Å². The van der Waals surface area contributed by atoms with Gasteiger partial charge >= 0.3 is 0 Å². The molecule has 0 saturated heterocycles. The maximum Gasteiger partial charge on any atom is 0.132 e. The molecule has 0 amide bonds. The molecule has 1 N–H and O–H groups in total. The van der Waals surface area contributed by atoms with Crippen molar-refractivity contribution >= 4 is 0 Å². The quantitative estimate of drug-likeness (QED) is 0.871. The van der Waals surface area contributed by atoms with E-state index in [-0.39, 0.29) is 11.2 Å². The zero-order valence-electron chi connectivity index (χ0n) is 11.3. The highest BCUT2D eigenvalue weighted by Crippen LogP contribution is 2.46.